The monoisotopic (exact) mass is 171 g/mol. The van der Waals surface area contributed by atoms with Crippen LogP contribution in [-0.2, 0) is 12.6 Å². The number of hydrogen-bond acceptors (Lipinski definition) is 4. The van der Waals surface area contributed by atoms with Crippen molar-refractivity contribution < 1.29 is 5.11 Å². The van der Waals surface area contributed by atoms with E-state index in [9.17, 15) is 5.11 Å². The van der Waals surface area contributed by atoms with Crippen molar-refractivity contribution in [2.75, 3.05) is 11.5 Å². The van der Waals surface area contributed by atoms with Crippen LogP contribution in [0.15, 0.2) is 6.20 Å². The van der Waals surface area contributed by atoms with Crippen LogP contribution in [0, 0.1) is 0 Å². The summed E-state index contributed by atoms with van der Waals surface area (Å²) in [4.78, 5) is 1.47. The lowest BCUT2D eigenvalue weighted by molar-refractivity contribution is 0.0715. The Balaban J connectivity index is 2.28. The van der Waals surface area contributed by atoms with Gasteiger partial charge in [-0.05, 0) is 0 Å². The number of hydrogen-bond donors (Lipinski definition) is 1. The smallest absolute Gasteiger partial charge is 0.128 e. The van der Waals surface area contributed by atoms with E-state index in [1.165, 1.54) is 4.80 Å². The predicted molar refractivity (Wildman–Crippen MR) is 42.2 cm³/mol. The van der Waals surface area contributed by atoms with E-state index in [0.29, 0.717) is 5.69 Å². The highest BCUT2D eigenvalue weighted by molar-refractivity contribution is 8.00. The summed E-state index contributed by atoms with van der Waals surface area (Å²) in [6.07, 6.45) is 1.62. The molecule has 0 bridgehead atoms. The van der Waals surface area contributed by atoms with Gasteiger partial charge in [0.1, 0.15) is 11.3 Å². The van der Waals surface area contributed by atoms with Crippen molar-refractivity contribution >= 4 is 11.8 Å². The van der Waals surface area contributed by atoms with Crippen LogP contribution >= 0.6 is 11.8 Å². The summed E-state index contributed by atoms with van der Waals surface area (Å²) in [5.41, 5.74) is -0.00222. The zero-order valence-electron chi connectivity index (χ0n) is 6.19. The second-order valence-electron chi connectivity index (χ2n) is 2.74. The summed E-state index contributed by atoms with van der Waals surface area (Å²) in [7, 11) is 1.75. The SMILES string of the molecule is Cn1ncc(C2(O)CSC2)n1. The Hall–Kier alpha value is -0.550. The molecule has 0 unspecified atom stereocenters. The third-order valence-corrected chi connectivity index (χ3v) is 3.12. The van der Waals surface area contributed by atoms with Crippen LogP contribution < -0.4 is 0 Å². The first-order chi connectivity index (χ1) is 5.21. The molecule has 1 aliphatic heterocycles. The van der Waals surface area contributed by atoms with Crippen LogP contribution in [0.25, 0.3) is 0 Å². The molecule has 1 saturated heterocycles. The van der Waals surface area contributed by atoms with Crippen molar-refractivity contribution in [2.45, 2.75) is 5.60 Å². The maximum Gasteiger partial charge on any atom is 0.128 e. The van der Waals surface area contributed by atoms with Crippen LogP contribution in [0.5, 0.6) is 0 Å². The highest BCUT2D eigenvalue weighted by Gasteiger charge is 2.39. The minimum atomic E-state index is -0.696. The lowest BCUT2D eigenvalue weighted by Gasteiger charge is -2.33. The van der Waals surface area contributed by atoms with Gasteiger partial charge in [-0.15, -0.1) is 0 Å². The average molecular weight is 171 g/mol. The molecule has 0 radical (unpaired) electrons. The Morgan fingerprint density at radius 1 is 1.73 bits per heavy atom. The Bertz CT molecular complexity index is 269. The molecule has 1 fully saturated rings. The van der Waals surface area contributed by atoms with Gasteiger partial charge >= 0.3 is 0 Å². The van der Waals surface area contributed by atoms with Gasteiger partial charge in [0.25, 0.3) is 0 Å². The second-order valence-corrected chi connectivity index (χ2v) is 3.73. The Kier molecular flexibility index (Phi) is 1.43. The first-order valence-corrected chi connectivity index (χ1v) is 4.53. The van der Waals surface area contributed by atoms with Crippen LogP contribution in [0.1, 0.15) is 5.69 Å². The van der Waals surface area contributed by atoms with E-state index in [1.807, 2.05) is 0 Å². The lowest BCUT2D eigenvalue weighted by Crippen LogP contribution is -2.40. The van der Waals surface area contributed by atoms with E-state index in [2.05, 4.69) is 10.2 Å². The standard InChI is InChI=1S/C6H9N3OS/c1-9-7-2-5(8-9)6(10)3-11-4-6/h2,10H,3-4H2,1H3. The molecule has 1 aromatic heterocycles. The van der Waals surface area contributed by atoms with Crippen LogP contribution in [0.4, 0.5) is 0 Å². The molecular formula is C6H9N3OS. The number of rotatable bonds is 1. The summed E-state index contributed by atoms with van der Waals surface area (Å²) in [6.45, 7) is 0. The van der Waals surface area contributed by atoms with E-state index in [0.717, 1.165) is 11.5 Å². The largest absolute Gasteiger partial charge is 0.382 e. The molecule has 0 spiro atoms. The molecule has 0 aliphatic carbocycles. The fourth-order valence-corrected chi connectivity index (χ4v) is 1.89. The van der Waals surface area contributed by atoms with Gasteiger partial charge in [0.05, 0.1) is 6.20 Å². The minimum absolute atomic E-state index is 0.693. The molecule has 1 aromatic rings. The molecule has 2 heterocycles. The van der Waals surface area contributed by atoms with E-state index in [1.54, 1.807) is 25.0 Å². The Morgan fingerprint density at radius 2 is 2.45 bits per heavy atom. The molecule has 0 saturated carbocycles. The fraction of sp³-hybridized carbons (Fsp3) is 0.667. The van der Waals surface area contributed by atoms with Gasteiger partial charge < -0.3 is 5.11 Å². The third kappa shape index (κ3) is 1.04. The zero-order chi connectivity index (χ0) is 7.90. The summed E-state index contributed by atoms with van der Waals surface area (Å²) >= 11 is 1.72. The van der Waals surface area contributed by atoms with Crippen molar-refractivity contribution in [1.29, 1.82) is 0 Å². The average Bonchev–Trinajstić information content (AvgIpc) is 2.31. The van der Waals surface area contributed by atoms with Gasteiger partial charge in [-0.2, -0.15) is 26.8 Å². The van der Waals surface area contributed by atoms with Crippen molar-refractivity contribution in [3.63, 3.8) is 0 Å². The number of aromatic nitrogens is 3. The van der Waals surface area contributed by atoms with Gasteiger partial charge in [0, 0.05) is 18.6 Å². The number of aryl methyl sites for hydroxylation is 1. The van der Waals surface area contributed by atoms with Crippen LogP contribution in [-0.4, -0.2) is 31.6 Å². The molecule has 1 aliphatic rings. The van der Waals surface area contributed by atoms with E-state index >= 15 is 0 Å². The first kappa shape index (κ1) is 7.12. The van der Waals surface area contributed by atoms with E-state index in [-0.39, 0.29) is 0 Å². The van der Waals surface area contributed by atoms with Crippen LogP contribution in [0.3, 0.4) is 0 Å². The Labute approximate surface area is 68.6 Å². The molecule has 11 heavy (non-hydrogen) atoms. The Morgan fingerprint density at radius 3 is 2.82 bits per heavy atom. The maximum atomic E-state index is 9.76. The van der Waals surface area contributed by atoms with Crippen molar-refractivity contribution in [3.8, 4) is 0 Å². The zero-order valence-corrected chi connectivity index (χ0v) is 7.01. The highest BCUT2D eigenvalue weighted by Crippen LogP contribution is 2.36. The molecule has 0 aromatic carbocycles. The third-order valence-electron chi connectivity index (χ3n) is 1.76. The first-order valence-electron chi connectivity index (χ1n) is 3.38. The molecule has 5 heteroatoms. The second kappa shape index (κ2) is 2.22. The summed E-state index contributed by atoms with van der Waals surface area (Å²) < 4.78 is 0. The van der Waals surface area contributed by atoms with E-state index < -0.39 is 5.60 Å². The van der Waals surface area contributed by atoms with Gasteiger partial charge in [-0.1, -0.05) is 0 Å². The molecule has 2 rings (SSSR count). The molecule has 0 amide bonds. The highest BCUT2D eigenvalue weighted by atomic mass is 32.2. The molecular weight excluding hydrogens is 162 g/mol. The van der Waals surface area contributed by atoms with Gasteiger partial charge in [0.2, 0.25) is 0 Å². The summed E-state index contributed by atoms with van der Waals surface area (Å²) in [5.74, 6) is 1.48. The molecule has 60 valence electrons. The van der Waals surface area contributed by atoms with Gasteiger partial charge in [-0.3, -0.25) is 0 Å². The molecule has 4 nitrogen and oxygen atoms in total. The number of thioether (sulfide) groups is 1. The molecule has 0 atom stereocenters. The van der Waals surface area contributed by atoms with Gasteiger partial charge in [0.15, 0.2) is 0 Å². The summed E-state index contributed by atoms with van der Waals surface area (Å²) in [5, 5.41) is 17.7. The molecule has 1 N–H and O–H groups in total. The fourth-order valence-electron chi connectivity index (χ4n) is 1.00. The minimum Gasteiger partial charge on any atom is -0.382 e. The van der Waals surface area contributed by atoms with Gasteiger partial charge in [-0.25, -0.2) is 0 Å². The predicted octanol–water partition coefficient (Wildman–Crippen LogP) is -0.250. The van der Waals surface area contributed by atoms with Crippen molar-refractivity contribution in [2.24, 2.45) is 7.05 Å². The number of aliphatic hydroxyl groups is 1. The topological polar surface area (TPSA) is 50.9 Å². The summed E-state index contributed by atoms with van der Waals surface area (Å²) in [6, 6.07) is 0. The quantitative estimate of drug-likeness (QED) is 0.633. The van der Waals surface area contributed by atoms with Crippen molar-refractivity contribution in [1.82, 2.24) is 15.0 Å². The van der Waals surface area contributed by atoms with Crippen LogP contribution in [0.2, 0.25) is 0 Å². The van der Waals surface area contributed by atoms with E-state index in [4.69, 9.17) is 0 Å². The maximum absolute atomic E-state index is 9.76. The van der Waals surface area contributed by atoms with Crippen molar-refractivity contribution in [3.05, 3.63) is 11.9 Å². The normalized spacial score (nSPS) is 21.3. The number of nitrogens with zero attached hydrogens (tertiary/aromatic N) is 3. The lowest BCUT2D eigenvalue weighted by atomic mass is 10.1.